The van der Waals surface area contributed by atoms with Gasteiger partial charge in [-0.3, -0.25) is 10.1 Å². The first-order valence-electron chi connectivity index (χ1n) is 7.35. The van der Waals surface area contributed by atoms with Crippen LogP contribution >= 0.6 is 0 Å². The van der Waals surface area contributed by atoms with Crippen molar-refractivity contribution in [2.24, 2.45) is 0 Å². The number of amides is 1. The largest absolute Gasteiger partial charge is 0.444 e. The van der Waals surface area contributed by atoms with Crippen molar-refractivity contribution >= 4 is 11.8 Å². The second-order valence-electron chi connectivity index (χ2n) is 4.71. The molecule has 1 rings (SSSR count). The van der Waals surface area contributed by atoms with Crippen molar-refractivity contribution in [3.63, 3.8) is 0 Å². The first-order chi connectivity index (χ1) is 10.6. The maximum atomic E-state index is 11.5. The summed E-state index contributed by atoms with van der Waals surface area (Å²) in [4.78, 5) is 21.8. The van der Waals surface area contributed by atoms with Gasteiger partial charge >= 0.3 is 6.09 Å². The monoisotopic (exact) mass is 310 g/mol. The van der Waals surface area contributed by atoms with Gasteiger partial charge in [0.1, 0.15) is 6.61 Å². The Labute approximate surface area is 129 Å². The summed E-state index contributed by atoms with van der Waals surface area (Å²) in [7, 11) is 0. The highest BCUT2D eigenvalue weighted by Crippen LogP contribution is 2.18. The number of carbonyl (C=O) groups is 1. The van der Waals surface area contributed by atoms with Gasteiger partial charge in [-0.05, 0) is 18.9 Å². The fourth-order valence-corrected chi connectivity index (χ4v) is 1.72. The lowest BCUT2D eigenvalue weighted by atomic mass is 10.2. The number of hydrogen-bond acceptors (Lipinski definition) is 5. The number of benzene rings is 1. The van der Waals surface area contributed by atoms with Gasteiger partial charge in [0.25, 0.3) is 5.69 Å². The van der Waals surface area contributed by atoms with Crippen LogP contribution in [0.25, 0.3) is 0 Å². The summed E-state index contributed by atoms with van der Waals surface area (Å²) in [6, 6.07) is 6.18. The number of carbonyl (C=O) groups excluding carboxylic acids is 1. The van der Waals surface area contributed by atoms with E-state index in [1.54, 1.807) is 18.2 Å². The summed E-state index contributed by atoms with van der Waals surface area (Å²) < 4.78 is 10.3. The van der Waals surface area contributed by atoms with Crippen molar-refractivity contribution < 1.29 is 19.2 Å². The zero-order valence-corrected chi connectivity index (χ0v) is 12.7. The highest BCUT2D eigenvalue weighted by atomic mass is 16.6. The number of para-hydroxylation sites is 1. The minimum atomic E-state index is -0.591. The van der Waals surface area contributed by atoms with Crippen molar-refractivity contribution in [1.82, 2.24) is 5.32 Å². The third-order valence-corrected chi connectivity index (χ3v) is 2.92. The first kappa shape index (κ1) is 17.9. The van der Waals surface area contributed by atoms with E-state index in [0.717, 1.165) is 19.4 Å². The van der Waals surface area contributed by atoms with Crippen LogP contribution < -0.4 is 5.32 Å². The van der Waals surface area contributed by atoms with Crippen LogP contribution in [0.15, 0.2) is 24.3 Å². The molecule has 0 saturated heterocycles. The Morgan fingerprint density at radius 1 is 1.27 bits per heavy atom. The fourth-order valence-electron chi connectivity index (χ4n) is 1.72. The van der Waals surface area contributed by atoms with E-state index >= 15 is 0 Å². The molecule has 0 aromatic heterocycles. The second kappa shape index (κ2) is 10.6. The van der Waals surface area contributed by atoms with Crippen LogP contribution in [0.2, 0.25) is 0 Å². The highest BCUT2D eigenvalue weighted by molar-refractivity contribution is 5.67. The molecule has 122 valence electrons. The molecule has 0 radical (unpaired) electrons. The van der Waals surface area contributed by atoms with Crippen molar-refractivity contribution in [2.45, 2.75) is 32.8 Å². The van der Waals surface area contributed by atoms with Gasteiger partial charge in [0, 0.05) is 25.8 Å². The summed E-state index contributed by atoms with van der Waals surface area (Å²) in [5.41, 5.74) is 0.310. The third kappa shape index (κ3) is 7.03. The Morgan fingerprint density at radius 2 is 2.00 bits per heavy atom. The molecule has 0 spiro atoms. The summed E-state index contributed by atoms with van der Waals surface area (Å²) >= 11 is 0. The Kier molecular flexibility index (Phi) is 8.59. The molecule has 1 N–H and O–H groups in total. The molecular weight excluding hydrogens is 288 g/mol. The van der Waals surface area contributed by atoms with Crippen molar-refractivity contribution in [2.75, 3.05) is 19.8 Å². The number of nitro benzene ring substituents is 1. The van der Waals surface area contributed by atoms with Gasteiger partial charge in [-0.2, -0.15) is 0 Å². The lowest BCUT2D eigenvalue weighted by Gasteiger charge is -2.07. The Hall–Kier alpha value is -2.15. The van der Waals surface area contributed by atoms with Gasteiger partial charge < -0.3 is 14.8 Å². The van der Waals surface area contributed by atoms with Gasteiger partial charge in [0.2, 0.25) is 0 Å². The quantitative estimate of drug-likeness (QED) is 0.407. The van der Waals surface area contributed by atoms with E-state index in [2.05, 4.69) is 12.2 Å². The maximum Gasteiger partial charge on any atom is 0.407 e. The minimum Gasteiger partial charge on any atom is -0.444 e. The van der Waals surface area contributed by atoms with Crippen LogP contribution in [0, 0.1) is 10.1 Å². The predicted molar refractivity (Wildman–Crippen MR) is 81.6 cm³/mol. The standard InChI is InChI=1S/C15H22N2O5/c1-2-3-10-21-11-6-9-16-15(18)22-12-13-7-4-5-8-14(13)17(19)20/h4-5,7-8H,2-3,6,9-12H2,1H3,(H,16,18). The smallest absolute Gasteiger partial charge is 0.407 e. The molecule has 0 aliphatic rings. The number of unbranched alkanes of at least 4 members (excludes halogenated alkanes) is 1. The van der Waals surface area contributed by atoms with E-state index in [1.807, 2.05) is 0 Å². The van der Waals surface area contributed by atoms with Crippen LogP contribution in [0.1, 0.15) is 31.7 Å². The molecule has 0 unspecified atom stereocenters. The van der Waals surface area contributed by atoms with Crippen molar-refractivity contribution in [3.8, 4) is 0 Å². The molecule has 7 heteroatoms. The lowest BCUT2D eigenvalue weighted by Crippen LogP contribution is -2.26. The molecule has 0 aliphatic carbocycles. The highest BCUT2D eigenvalue weighted by Gasteiger charge is 2.13. The van der Waals surface area contributed by atoms with Crippen molar-refractivity contribution in [1.29, 1.82) is 0 Å². The Morgan fingerprint density at radius 3 is 2.73 bits per heavy atom. The minimum absolute atomic E-state index is 0.0559. The molecule has 1 aromatic carbocycles. The zero-order valence-electron chi connectivity index (χ0n) is 12.7. The number of nitrogens with one attached hydrogen (secondary N) is 1. The normalized spacial score (nSPS) is 10.2. The SMILES string of the molecule is CCCCOCCCNC(=O)OCc1ccccc1[N+](=O)[O-]. The predicted octanol–water partition coefficient (Wildman–Crippen LogP) is 3.03. The second-order valence-corrected chi connectivity index (χ2v) is 4.71. The van der Waals surface area contributed by atoms with E-state index in [9.17, 15) is 14.9 Å². The van der Waals surface area contributed by atoms with Crippen LogP contribution in [-0.2, 0) is 16.1 Å². The molecular formula is C15H22N2O5. The van der Waals surface area contributed by atoms with E-state index in [-0.39, 0.29) is 12.3 Å². The van der Waals surface area contributed by atoms with Gasteiger partial charge in [-0.1, -0.05) is 25.5 Å². The van der Waals surface area contributed by atoms with Crippen LogP contribution in [0.3, 0.4) is 0 Å². The lowest BCUT2D eigenvalue weighted by molar-refractivity contribution is -0.385. The summed E-state index contributed by atoms with van der Waals surface area (Å²) in [5.74, 6) is 0. The zero-order chi connectivity index (χ0) is 16.2. The molecule has 7 nitrogen and oxygen atoms in total. The van der Waals surface area contributed by atoms with Gasteiger partial charge in [-0.15, -0.1) is 0 Å². The summed E-state index contributed by atoms with van der Waals surface area (Å²) in [6.07, 6.45) is 2.23. The molecule has 0 fully saturated rings. The molecule has 0 saturated carbocycles. The fraction of sp³-hybridized carbons (Fsp3) is 0.533. The van der Waals surface area contributed by atoms with Crippen LogP contribution in [0.5, 0.6) is 0 Å². The number of alkyl carbamates (subject to hydrolysis) is 1. The third-order valence-electron chi connectivity index (χ3n) is 2.92. The van der Waals surface area contributed by atoms with Gasteiger partial charge in [0.05, 0.1) is 10.5 Å². The summed E-state index contributed by atoms with van der Waals surface area (Å²) in [5, 5.41) is 13.4. The number of nitrogens with zero attached hydrogens (tertiary/aromatic N) is 1. The number of nitro groups is 1. The van der Waals surface area contributed by atoms with Crippen molar-refractivity contribution in [3.05, 3.63) is 39.9 Å². The molecule has 0 heterocycles. The molecule has 0 bridgehead atoms. The first-order valence-corrected chi connectivity index (χ1v) is 7.35. The molecule has 0 aliphatic heterocycles. The Balaban J connectivity index is 2.20. The number of hydrogen-bond donors (Lipinski definition) is 1. The number of rotatable bonds is 10. The van der Waals surface area contributed by atoms with Gasteiger partial charge in [0.15, 0.2) is 0 Å². The van der Waals surface area contributed by atoms with E-state index in [1.165, 1.54) is 6.07 Å². The van der Waals surface area contributed by atoms with E-state index < -0.39 is 11.0 Å². The maximum absolute atomic E-state index is 11.5. The molecule has 0 atom stereocenters. The average molecular weight is 310 g/mol. The van der Waals surface area contributed by atoms with E-state index in [4.69, 9.17) is 9.47 Å². The number of ether oxygens (including phenoxy) is 2. The topological polar surface area (TPSA) is 90.7 Å². The Bertz CT molecular complexity index is 479. The average Bonchev–Trinajstić information content (AvgIpc) is 2.52. The van der Waals surface area contributed by atoms with Crippen LogP contribution in [0.4, 0.5) is 10.5 Å². The van der Waals surface area contributed by atoms with Gasteiger partial charge in [-0.25, -0.2) is 4.79 Å². The molecule has 1 aromatic rings. The molecule has 1 amide bonds. The molecule has 22 heavy (non-hydrogen) atoms. The van der Waals surface area contributed by atoms with E-state index in [0.29, 0.717) is 25.1 Å². The van der Waals surface area contributed by atoms with Crippen LogP contribution in [-0.4, -0.2) is 30.8 Å². The summed E-state index contributed by atoms with van der Waals surface area (Å²) in [6.45, 7) is 3.74.